The highest BCUT2D eigenvalue weighted by atomic mass is 35.5. The Morgan fingerprint density at radius 2 is 2.06 bits per heavy atom. The zero-order valence-electron chi connectivity index (χ0n) is 9.31. The van der Waals surface area contributed by atoms with Crippen molar-refractivity contribution in [3.05, 3.63) is 41.2 Å². The third-order valence-electron chi connectivity index (χ3n) is 2.84. The maximum Gasteiger partial charge on any atom is 0.0783 e. The van der Waals surface area contributed by atoms with Crippen LogP contribution in [0.4, 0.5) is 0 Å². The van der Waals surface area contributed by atoms with E-state index in [0.29, 0.717) is 6.04 Å². The van der Waals surface area contributed by atoms with Crippen LogP contribution in [0.3, 0.4) is 0 Å². The number of rotatable bonds is 4. The fourth-order valence-electron chi connectivity index (χ4n) is 1.71. The van der Waals surface area contributed by atoms with E-state index in [1.165, 1.54) is 12.8 Å². The summed E-state index contributed by atoms with van der Waals surface area (Å²) < 4.78 is 1.84. The molecular formula is C12H13ClN4. The zero-order valence-corrected chi connectivity index (χ0v) is 10.1. The minimum atomic E-state index is 0.684. The van der Waals surface area contributed by atoms with Crippen LogP contribution >= 0.6 is 11.6 Å². The van der Waals surface area contributed by atoms with E-state index in [-0.39, 0.29) is 0 Å². The molecule has 0 spiro atoms. The van der Waals surface area contributed by atoms with Gasteiger partial charge < -0.3 is 5.32 Å². The van der Waals surface area contributed by atoms with E-state index in [1.807, 2.05) is 28.9 Å². The number of halogens is 1. The van der Waals surface area contributed by atoms with Gasteiger partial charge in [-0.2, -0.15) is 0 Å². The Labute approximate surface area is 105 Å². The van der Waals surface area contributed by atoms with Crippen LogP contribution in [0.2, 0.25) is 5.02 Å². The van der Waals surface area contributed by atoms with E-state index < -0.39 is 0 Å². The topological polar surface area (TPSA) is 42.7 Å². The highest BCUT2D eigenvalue weighted by molar-refractivity contribution is 6.30. The van der Waals surface area contributed by atoms with Crippen LogP contribution in [-0.4, -0.2) is 21.0 Å². The number of hydrogen-bond acceptors (Lipinski definition) is 3. The van der Waals surface area contributed by atoms with Crippen LogP contribution in [0.15, 0.2) is 30.5 Å². The van der Waals surface area contributed by atoms with Gasteiger partial charge in [0.2, 0.25) is 0 Å². The summed E-state index contributed by atoms with van der Waals surface area (Å²) in [4.78, 5) is 0. The summed E-state index contributed by atoms with van der Waals surface area (Å²) in [7, 11) is 0. The largest absolute Gasteiger partial charge is 0.308 e. The van der Waals surface area contributed by atoms with Crippen LogP contribution in [0.1, 0.15) is 18.5 Å². The first-order valence-electron chi connectivity index (χ1n) is 5.72. The molecule has 1 aliphatic rings. The van der Waals surface area contributed by atoms with Crippen LogP contribution in [0.5, 0.6) is 0 Å². The Morgan fingerprint density at radius 1 is 1.29 bits per heavy atom. The molecule has 1 aliphatic carbocycles. The standard InChI is InChI=1S/C12H13ClN4/c13-9-1-5-11(6-2-9)17-12(8-15-16-17)7-14-10-3-4-10/h1-2,5-6,8,10,14H,3-4,7H2. The minimum absolute atomic E-state index is 0.684. The molecule has 0 radical (unpaired) electrons. The molecular weight excluding hydrogens is 236 g/mol. The second-order valence-electron chi connectivity index (χ2n) is 4.27. The summed E-state index contributed by atoms with van der Waals surface area (Å²) in [6, 6.07) is 8.28. The van der Waals surface area contributed by atoms with E-state index >= 15 is 0 Å². The lowest BCUT2D eigenvalue weighted by Crippen LogP contribution is -2.18. The molecule has 88 valence electrons. The number of hydrogen-bond donors (Lipinski definition) is 1. The number of benzene rings is 1. The van der Waals surface area contributed by atoms with Gasteiger partial charge in [0.05, 0.1) is 17.6 Å². The van der Waals surface area contributed by atoms with Crippen molar-refractivity contribution < 1.29 is 0 Å². The van der Waals surface area contributed by atoms with Crippen molar-refractivity contribution in [1.82, 2.24) is 20.3 Å². The summed E-state index contributed by atoms with van der Waals surface area (Å²) in [5, 5.41) is 12.2. The molecule has 0 saturated heterocycles. The monoisotopic (exact) mass is 248 g/mol. The van der Waals surface area contributed by atoms with E-state index in [9.17, 15) is 0 Å². The van der Waals surface area contributed by atoms with Gasteiger partial charge >= 0.3 is 0 Å². The predicted molar refractivity (Wildman–Crippen MR) is 66.2 cm³/mol. The lowest BCUT2D eigenvalue weighted by Gasteiger charge is -2.06. The third-order valence-corrected chi connectivity index (χ3v) is 3.09. The lowest BCUT2D eigenvalue weighted by atomic mass is 10.3. The van der Waals surface area contributed by atoms with Crippen molar-refractivity contribution in [2.45, 2.75) is 25.4 Å². The van der Waals surface area contributed by atoms with Crippen molar-refractivity contribution in [2.75, 3.05) is 0 Å². The Morgan fingerprint density at radius 3 is 2.76 bits per heavy atom. The molecule has 1 aromatic carbocycles. The first-order valence-corrected chi connectivity index (χ1v) is 6.09. The molecule has 0 unspecified atom stereocenters. The Kier molecular flexibility index (Phi) is 2.82. The predicted octanol–water partition coefficient (Wildman–Crippen LogP) is 2.17. The smallest absolute Gasteiger partial charge is 0.0783 e. The number of nitrogens with zero attached hydrogens (tertiary/aromatic N) is 3. The molecule has 1 saturated carbocycles. The van der Waals surface area contributed by atoms with Crippen LogP contribution in [0.25, 0.3) is 5.69 Å². The van der Waals surface area contributed by atoms with Crippen LogP contribution < -0.4 is 5.32 Å². The molecule has 0 atom stereocenters. The summed E-state index contributed by atoms with van der Waals surface area (Å²) in [6.07, 6.45) is 4.36. The van der Waals surface area contributed by atoms with Crippen molar-refractivity contribution in [3.63, 3.8) is 0 Å². The molecule has 1 N–H and O–H groups in total. The maximum atomic E-state index is 5.87. The molecule has 1 fully saturated rings. The fourth-order valence-corrected chi connectivity index (χ4v) is 1.84. The molecule has 0 amide bonds. The molecule has 3 rings (SSSR count). The fraction of sp³-hybridized carbons (Fsp3) is 0.333. The minimum Gasteiger partial charge on any atom is -0.308 e. The summed E-state index contributed by atoms with van der Waals surface area (Å²) in [6.45, 7) is 0.806. The van der Waals surface area contributed by atoms with Gasteiger partial charge in [-0.15, -0.1) is 5.10 Å². The Hall–Kier alpha value is -1.39. The normalized spacial score (nSPS) is 15.1. The Balaban J connectivity index is 1.81. The van der Waals surface area contributed by atoms with Gasteiger partial charge in [-0.1, -0.05) is 16.8 Å². The Bertz CT molecular complexity index is 501. The quantitative estimate of drug-likeness (QED) is 0.902. The number of nitrogens with one attached hydrogen (secondary N) is 1. The summed E-state index contributed by atoms with van der Waals surface area (Å²) in [5.41, 5.74) is 2.05. The van der Waals surface area contributed by atoms with Gasteiger partial charge in [-0.05, 0) is 37.1 Å². The van der Waals surface area contributed by atoms with E-state index in [4.69, 9.17) is 11.6 Å². The van der Waals surface area contributed by atoms with Gasteiger partial charge in [-0.3, -0.25) is 0 Å². The van der Waals surface area contributed by atoms with E-state index in [0.717, 1.165) is 22.9 Å². The van der Waals surface area contributed by atoms with Crippen molar-refractivity contribution in [3.8, 4) is 5.69 Å². The molecule has 17 heavy (non-hydrogen) atoms. The molecule has 1 aromatic heterocycles. The second-order valence-corrected chi connectivity index (χ2v) is 4.71. The average Bonchev–Trinajstić information content (AvgIpc) is 3.06. The SMILES string of the molecule is Clc1ccc(-n2nncc2CNC2CC2)cc1. The second kappa shape index (κ2) is 4.47. The summed E-state index contributed by atoms with van der Waals surface area (Å²) in [5.74, 6) is 0. The van der Waals surface area contributed by atoms with Gasteiger partial charge in [0.25, 0.3) is 0 Å². The van der Waals surface area contributed by atoms with E-state index in [2.05, 4.69) is 15.6 Å². The van der Waals surface area contributed by atoms with Crippen molar-refractivity contribution in [2.24, 2.45) is 0 Å². The first kappa shape index (κ1) is 10.7. The lowest BCUT2D eigenvalue weighted by molar-refractivity contribution is 0.647. The summed E-state index contributed by atoms with van der Waals surface area (Å²) >= 11 is 5.87. The molecule has 5 heteroatoms. The van der Waals surface area contributed by atoms with Gasteiger partial charge in [0, 0.05) is 17.6 Å². The van der Waals surface area contributed by atoms with E-state index in [1.54, 1.807) is 6.20 Å². The van der Waals surface area contributed by atoms with Crippen molar-refractivity contribution in [1.29, 1.82) is 0 Å². The molecule has 1 heterocycles. The molecule has 0 aliphatic heterocycles. The van der Waals surface area contributed by atoms with Crippen LogP contribution in [-0.2, 0) is 6.54 Å². The molecule has 0 bridgehead atoms. The van der Waals surface area contributed by atoms with Crippen molar-refractivity contribution >= 4 is 11.6 Å². The van der Waals surface area contributed by atoms with Gasteiger partial charge in [0.1, 0.15) is 0 Å². The number of aromatic nitrogens is 3. The van der Waals surface area contributed by atoms with Gasteiger partial charge in [0.15, 0.2) is 0 Å². The molecule has 2 aromatic rings. The highest BCUT2D eigenvalue weighted by Crippen LogP contribution is 2.20. The highest BCUT2D eigenvalue weighted by Gasteiger charge is 2.20. The first-order chi connectivity index (χ1) is 8.33. The zero-order chi connectivity index (χ0) is 11.7. The third kappa shape index (κ3) is 2.48. The van der Waals surface area contributed by atoms with Crippen LogP contribution in [0, 0.1) is 0 Å². The maximum absolute atomic E-state index is 5.87. The van der Waals surface area contributed by atoms with Gasteiger partial charge in [-0.25, -0.2) is 4.68 Å². The molecule has 4 nitrogen and oxygen atoms in total. The average molecular weight is 249 g/mol.